The summed E-state index contributed by atoms with van der Waals surface area (Å²) in [4.78, 5) is 37.3. The van der Waals surface area contributed by atoms with E-state index in [1.165, 1.54) is 21.6 Å². The molecule has 1 aliphatic heterocycles. The summed E-state index contributed by atoms with van der Waals surface area (Å²) in [6, 6.07) is 9.95. The number of hydrogen-bond acceptors (Lipinski definition) is 6. The first-order valence-electron chi connectivity index (χ1n) is 12.9. The Balaban J connectivity index is 1.84. The number of carboxylic acid groups (broad SMARTS) is 1. The average molecular weight is 550 g/mol. The lowest BCUT2D eigenvalue weighted by molar-refractivity contribution is 0.122. The van der Waals surface area contributed by atoms with E-state index in [-0.39, 0.29) is 42.4 Å². The Morgan fingerprint density at radius 2 is 1.80 bits per heavy atom. The summed E-state index contributed by atoms with van der Waals surface area (Å²) in [5.41, 5.74) is 0.637. The number of anilines is 1. The first kappa shape index (κ1) is 27.0. The first-order chi connectivity index (χ1) is 19.0. The van der Waals surface area contributed by atoms with Crippen LogP contribution in [0.4, 0.5) is 19.4 Å². The van der Waals surface area contributed by atoms with Gasteiger partial charge in [-0.25, -0.2) is 27.9 Å². The van der Waals surface area contributed by atoms with Crippen molar-refractivity contribution in [1.29, 1.82) is 0 Å². The summed E-state index contributed by atoms with van der Waals surface area (Å²) in [5.74, 6) is -2.11. The topological polar surface area (TPSA) is 112 Å². The second kappa shape index (κ2) is 10.2. The van der Waals surface area contributed by atoms with Crippen LogP contribution in [0, 0.1) is 18.6 Å². The maximum Gasteiger partial charge on any atom is 0.407 e. The van der Waals surface area contributed by atoms with E-state index in [9.17, 15) is 24.2 Å². The molecule has 4 aromatic rings. The maximum atomic E-state index is 15.7. The lowest BCUT2D eigenvalue weighted by Crippen LogP contribution is -2.54. The lowest BCUT2D eigenvalue weighted by atomic mass is 9.98. The van der Waals surface area contributed by atoms with Gasteiger partial charge in [0.1, 0.15) is 23.1 Å². The van der Waals surface area contributed by atoms with Crippen molar-refractivity contribution in [3.63, 3.8) is 0 Å². The molecule has 0 unspecified atom stereocenters. The van der Waals surface area contributed by atoms with Crippen molar-refractivity contribution in [3.05, 3.63) is 75.7 Å². The molecule has 208 valence electrons. The highest BCUT2D eigenvalue weighted by Crippen LogP contribution is 2.36. The number of nitrogens with zero attached hydrogens (tertiary/aromatic N) is 5. The summed E-state index contributed by atoms with van der Waals surface area (Å²) >= 11 is 0. The zero-order valence-corrected chi connectivity index (χ0v) is 22.5. The van der Waals surface area contributed by atoms with Gasteiger partial charge < -0.3 is 20.0 Å². The predicted molar refractivity (Wildman–Crippen MR) is 147 cm³/mol. The summed E-state index contributed by atoms with van der Waals surface area (Å²) in [6.45, 7) is 8.14. The molecule has 9 nitrogen and oxygen atoms in total. The summed E-state index contributed by atoms with van der Waals surface area (Å²) in [7, 11) is 0. The number of piperazine rings is 1. The van der Waals surface area contributed by atoms with Gasteiger partial charge in [-0.05, 0) is 49.1 Å². The van der Waals surface area contributed by atoms with Crippen LogP contribution in [0.1, 0.15) is 37.8 Å². The van der Waals surface area contributed by atoms with Crippen LogP contribution in [0.3, 0.4) is 0 Å². The highest BCUT2D eigenvalue weighted by Gasteiger charge is 2.31. The number of aryl methyl sites for hydroxylation is 1. The minimum atomic E-state index is -1.05. The summed E-state index contributed by atoms with van der Waals surface area (Å²) < 4.78 is 31.9. The van der Waals surface area contributed by atoms with Gasteiger partial charge in [-0.3, -0.25) is 0 Å². The minimum absolute atomic E-state index is 0.0111. The van der Waals surface area contributed by atoms with E-state index < -0.39 is 46.5 Å². The quantitative estimate of drug-likeness (QED) is 0.366. The molecule has 2 aromatic carbocycles. The SMILES string of the molecule is Cc1cccc(C(C)C)c1-n1c(=O)nc(N2CCN(C(=O)O)[C@@H](C)C2)c2cc(F)c(-c3c(O)cccc3F)nc21. The summed E-state index contributed by atoms with van der Waals surface area (Å²) in [5, 5.41) is 20.1. The van der Waals surface area contributed by atoms with Crippen molar-refractivity contribution >= 4 is 22.9 Å². The monoisotopic (exact) mass is 549 g/mol. The molecule has 40 heavy (non-hydrogen) atoms. The largest absolute Gasteiger partial charge is 0.507 e. The van der Waals surface area contributed by atoms with Crippen LogP contribution >= 0.6 is 0 Å². The number of carbonyl (C=O) groups is 1. The molecule has 0 bridgehead atoms. The first-order valence-corrected chi connectivity index (χ1v) is 12.9. The number of amides is 1. The van der Waals surface area contributed by atoms with E-state index in [0.717, 1.165) is 23.3 Å². The zero-order chi connectivity index (χ0) is 28.9. The normalized spacial score (nSPS) is 15.7. The number of halogens is 2. The molecule has 11 heteroatoms. The lowest BCUT2D eigenvalue weighted by Gasteiger charge is -2.39. The maximum absolute atomic E-state index is 15.7. The number of benzene rings is 2. The molecule has 1 saturated heterocycles. The molecule has 0 radical (unpaired) electrons. The Labute approximate surface area is 229 Å². The molecule has 0 spiro atoms. The predicted octanol–water partition coefficient (Wildman–Crippen LogP) is 5.05. The molecular formula is C29H29F2N5O4. The number of aromatic nitrogens is 3. The van der Waals surface area contributed by atoms with Crippen LogP contribution in [0.5, 0.6) is 5.75 Å². The van der Waals surface area contributed by atoms with Gasteiger partial charge in [-0.15, -0.1) is 0 Å². The molecule has 1 amide bonds. The van der Waals surface area contributed by atoms with E-state index in [2.05, 4.69) is 9.97 Å². The standard InChI is InChI=1S/C29H29F2N5O4/c1-15(2)18-8-5-7-16(3)25(18)36-27-19(13-21(31)24(32-27)23-20(30)9-6-10-22(23)37)26(33-28(36)38)34-11-12-35(29(39)40)17(4)14-34/h5-10,13,15,17,37H,11-12,14H2,1-4H3,(H,39,40)/t17-/m0/s1. The smallest absolute Gasteiger partial charge is 0.407 e. The summed E-state index contributed by atoms with van der Waals surface area (Å²) in [6.07, 6.45) is -1.05. The van der Waals surface area contributed by atoms with Gasteiger partial charge in [0.05, 0.1) is 16.6 Å². The van der Waals surface area contributed by atoms with E-state index in [4.69, 9.17) is 0 Å². The third kappa shape index (κ3) is 4.51. The van der Waals surface area contributed by atoms with Gasteiger partial charge in [-0.2, -0.15) is 4.98 Å². The van der Waals surface area contributed by atoms with Crippen LogP contribution in [0.25, 0.3) is 28.0 Å². The fraction of sp³-hybridized carbons (Fsp3) is 0.310. The number of phenols is 1. The molecule has 2 aromatic heterocycles. The second-order valence-electron chi connectivity index (χ2n) is 10.3. The highest BCUT2D eigenvalue weighted by molar-refractivity contribution is 5.91. The molecule has 2 N–H and O–H groups in total. The van der Waals surface area contributed by atoms with Crippen molar-refractivity contribution in [3.8, 4) is 22.7 Å². The molecule has 1 fully saturated rings. The Morgan fingerprint density at radius 3 is 2.45 bits per heavy atom. The van der Waals surface area contributed by atoms with Crippen molar-refractivity contribution < 1.29 is 23.8 Å². The average Bonchev–Trinajstić information content (AvgIpc) is 2.88. The number of aromatic hydroxyl groups is 1. The van der Waals surface area contributed by atoms with E-state index >= 15 is 4.39 Å². The zero-order valence-electron chi connectivity index (χ0n) is 22.5. The molecule has 3 heterocycles. The molecular weight excluding hydrogens is 520 g/mol. The number of para-hydroxylation sites is 1. The van der Waals surface area contributed by atoms with Gasteiger partial charge in [0, 0.05) is 25.7 Å². The Morgan fingerprint density at radius 1 is 1.07 bits per heavy atom. The van der Waals surface area contributed by atoms with E-state index in [1.807, 2.05) is 39.0 Å². The van der Waals surface area contributed by atoms with Crippen molar-refractivity contribution in [2.45, 2.75) is 39.7 Å². The van der Waals surface area contributed by atoms with Gasteiger partial charge in [0.15, 0.2) is 11.5 Å². The molecule has 0 saturated carbocycles. The van der Waals surface area contributed by atoms with Crippen molar-refractivity contribution in [2.24, 2.45) is 0 Å². The molecule has 1 aliphatic rings. The van der Waals surface area contributed by atoms with Crippen molar-refractivity contribution in [2.75, 3.05) is 24.5 Å². The van der Waals surface area contributed by atoms with Crippen LogP contribution in [-0.2, 0) is 0 Å². The number of phenolic OH excluding ortho intramolecular Hbond substituents is 1. The van der Waals surface area contributed by atoms with Crippen LogP contribution in [0.2, 0.25) is 0 Å². The highest BCUT2D eigenvalue weighted by atomic mass is 19.1. The van der Waals surface area contributed by atoms with Gasteiger partial charge in [-0.1, -0.05) is 38.1 Å². The number of pyridine rings is 1. The minimum Gasteiger partial charge on any atom is -0.507 e. The van der Waals surface area contributed by atoms with Gasteiger partial charge in [0.25, 0.3) is 0 Å². The number of hydrogen-bond donors (Lipinski definition) is 2. The van der Waals surface area contributed by atoms with E-state index in [1.54, 1.807) is 11.8 Å². The molecule has 0 aliphatic carbocycles. The number of fused-ring (bicyclic) bond motifs is 1. The Bertz CT molecular complexity index is 1680. The fourth-order valence-electron chi connectivity index (χ4n) is 5.36. The van der Waals surface area contributed by atoms with Crippen LogP contribution in [-0.4, -0.2) is 61.4 Å². The molecule has 5 rings (SSSR count). The van der Waals surface area contributed by atoms with Gasteiger partial charge >= 0.3 is 11.8 Å². The van der Waals surface area contributed by atoms with Gasteiger partial charge in [0.2, 0.25) is 0 Å². The van der Waals surface area contributed by atoms with Crippen LogP contribution in [0.15, 0.2) is 47.3 Å². The van der Waals surface area contributed by atoms with Crippen molar-refractivity contribution in [1.82, 2.24) is 19.4 Å². The third-order valence-electron chi connectivity index (χ3n) is 7.32. The van der Waals surface area contributed by atoms with Crippen LogP contribution < -0.4 is 10.6 Å². The third-order valence-corrected chi connectivity index (χ3v) is 7.32. The molecule has 1 atom stereocenters. The Hall–Kier alpha value is -4.54. The Kier molecular flexibility index (Phi) is 6.91. The van der Waals surface area contributed by atoms with E-state index in [0.29, 0.717) is 5.69 Å². The second-order valence-corrected chi connectivity index (χ2v) is 10.3. The number of rotatable bonds is 4. The fourth-order valence-corrected chi connectivity index (χ4v) is 5.36.